The van der Waals surface area contributed by atoms with Gasteiger partial charge < -0.3 is 14.5 Å². The van der Waals surface area contributed by atoms with Crippen molar-refractivity contribution in [3.63, 3.8) is 0 Å². The number of carbonyl (C=O) groups is 3. The van der Waals surface area contributed by atoms with Crippen molar-refractivity contribution in [3.05, 3.63) is 52.0 Å². The van der Waals surface area contributed by atoms with Gasteiger partial charge in [-0.05, 0) is 45.7 Å². The van der Waals surface area contributed by atoms with Gasteiger partial charge >= 0.3 is 5.97 Å². The fraction of sp³-hybridized carbons (Fsp3) is 0.440. The largest absolute Gasteiger partial charge is 0.459 e. The molecule has 7 nitrogen and oxygen atoms in total. The Kier molecular flexibility index (Phi) is 7.88. The second-order valence-corrected chi connectivity index (χ2v) is 9.89. The monoisotopic (exact) mass is 467 g/mol. The predicted molar refractivity (Wildman–Crippen MR) is 127 cm³/mol. The number of rotatable bonds is 4. The Morgan fingerprint density at radius 1 is 1.18 bits per heavy atom. The number of aromatic nitrogens is 1. The summed E-state index contributed by atoms with van der Waals surface area (Å²) in [7, 11) is 1.56. The molecule has 8 heteroatoms. The molecule has 33 heavy (non-hydrogen) atoms. The summed E-state index contributed by atoms with van der Waals surface area (Å²) in [6.45, 7) is 6.44. The first-order valence-corrected chi connectivity index (χ1v) is 11.8. The van der Waals surface area contributed by atoms with Gasteiger partial charge in [0.1, 0.15) is 17.8 Å². The van der Waals surface area contributed by atoms with Crippen molar-refractivity contribution < 1.29 is 19.1 Å². The number of piperidine rings is 1. The Morgan fingerprint density at radius 3 is 2.48 bits per heavy atom. The van der Waals surface area contributed by atoms with Crippen LogP contribution in [0.5, 0.6) is 0 Å². The highest BCUT2D eigenvalue weighted by Crippen LogP contribution is 2.30. The smallest absolute Gasteiger partial charge is 0.326 e. The van der Waals surface area contributed by atoms with E-state index in [1.54, 1.807) is 38.1 Å². The third kappa shape index (κ3) is 7.16. The zero-order valence-corrected chi connectivity index (χ0v) is 20.3. The van der Waals surface area contributed by atoms with Crippen molar-refractivity contribution in [3.8, 4) is 11.8 Å². The molecule has 1 aliphatic heterocycles. The van der Waals surface area contributed by atoms with Gasteiger partial charge in [0.25, 0.3) is 11.8 Å². The van der Waals surface area contributed by atoms with E-state index in [0.717, 1.165) is 23.4 Å². The van der Waals surface area contributed by atoms with Gasteiger partial charge in [-0.3, -0.25) is 14.4 Å². The van der Waals surface area contributed by atoms with Crippen LogP contribution < -0.4 is 0 Å². The number of carbonyl (C=O) groups excluding carboxylic acids is 3. The highest BCUT2D eigenvalue weighted by Gasteiger charge is 2.27. The molecule has 1 aromatic heterocycles. The maximum atomic E-state index is 12.7. The molecule has 0 atom stereocenters. The Labute approximate surface area is 198 Å². The summed E-state index contributed by atoms with van der Waals surface area (Å²) in [5.41, 5.74) is 0.545. The van der Waals surface area contributed by atoms with Crippen molar-refractivity contribution in [1.29, 1.82) is 0 Å². The van der Waals surface area contributed by atoms with Crippen molar-refractivity contribution in [2.75, 3.05) is 26.7 Å². The molecule has 2 aromatic rings. The molecule has 1 aromatic carbocycles. The van der Waals surface area contributed by atoms with Crippen LogP contribution >= 0.6 is 11.3 Å². The Bertz CT molecular complexity index is 1050. The number of amides is 2. The van der Waals surface area contributed by atoms with E-state index in [1.165, 1.54) is 16.2 Å². The summed E-state index contributed by atoms with van der Waals surface area (Å²) < 4.78 is 5.27. The van der Waals surface area contributed by atoms with E-state index in [1.807, 2.05) is 30.3 Å². The van der Waals surface area contributed by atoms with Crippen LogP contribution in [0.25, 0.3) is 0 Å². The minimum Gasteiger partial charge on any atom is -0.459 e. The third-order valence-electron chi connectivity index (χ3n) is 5.09. The number of likely N-dealkylation sites (tertiary alicyclic amines) is 1. The second kappa shape index (κ2) is 10.6. The average Bonchev–Trinajstić information content (AvgIpc) is 3.26. The van der Waals surface area contributed by atoms with Gasteiger partial charge in [0.2, 0.25) is 0 Å². The first-order chi connectivity index (χ1) is 15.6. The normalized spacial score (nSPS) is 14.2. The summed E-state index contributed by atoms with van der Waals surface area (Å²) in [4.78, 5) is 44.7. The Hall–Kier alpha value is -3.18. The summed E-state index contributed by atoms with van der Waals surface area (Å²) in [5, 5.41) is 2.61. The standard InChI is InChI=1S/C25H29N3O4S/c1-25(2,3)32-22(30)16-27(4)24(31)20-17-33-23(26-20)19-12-14-28(15-13-19)21(29)11-10-18-8-6-5-7-9-18/h5-9,17,19H,12-16H2,1-4H3. The molecule has 0 spiro atoms. The van der Waals surface area contributed by atoms with E-state index in [-0.39, 0.29) is 24.3 Å². The molecule has 0 unspecified atom stereocenters. The summed E-state index contributed by atoms with van der Waals surface area (Å²) in [6, 6.07) is 9.44. The van der Waals surface area contributed by atoms with Crippen LogP contribution in [0.15, 0.2) is 35.7 Å². The number of hydrogen-bond donors (Lipinski definition) is 0. The van der Waals surface area contributed by atoms with Crippen molar-refractivity contribution in [1.82, 2.24) is 14.8 Å². The average molecular weight is 468 g/mol. The molecule has 2 amide bonds. The lowest BCUT2D eigenvalue weighted by atomic mass is 9.97. The molecular formula is C25H29N3O4S. The maximum absolute atomic E-state index is 12.7. The van der Waals surface area contributed by atoms with E-state index < -0.39 is 11.6 Å². The number of ether oxygens (including phenoxy) is 1. The van der Waals surface area contributed by atoms with Crippen LogP contribution in [0.1, 0.15) is 60.6 Å². The van der Waals surface area contributed by atoms with Crippen molar-refractivity contribution in [2.45, 2.75) is 45.1 Å². The fourth-order valence-corrected chi connectivity index (χ4v) is 4.43. The molecule has 0 saturated carbocycles. The Balaban J connectivity index is 1.52. The maximum Gasteiger partial charge on any atom is 0.326 e. The van der Waals surface area contributed by atoms with Crippen molar-refractivity contribution in [2.24, 2.45) is 0 Å². The van der Waals surface area contributed by atoms with E-state index in [4.69, 9.17) is 4.74 Å². The molecule has 1 fully saturated rings. The SMILES string of the molecule is CN(CC(=O)OC(C)(C)C)C(=O)c1csc(C2CCN(C(=O)C#Cc3ccccc3)CC2)n1. The highest BCUT2D eigenvalue weighted by molar-refractivity contribution is 7.09. The lowest BCUT2D eigenvalue weighted by Gasteiger charge is -2.29. The summed E-state index contributed by atoms with van der Waals surface area (Å²) >= 11 is 1.44. The number of nitrogens with zero attached hydrogens (tertiary/aromatic N) is 3. The zero-order valence-electron chi connectivity index (χ0n) is 19.5. The van der Waals surface area contributed by atoms with E-state index in [2.05, 4.69) is 16.8 Å². The lowest BCUT2D eigenvalue weighted by molar-refractivity contribution is -0.155. The first kappa shape index (κ1) is 24.5. The highest BCUT2D eigenvalue weighted by atomic mass is 32.1. The van der Waals surface area contributed by atoms with Gasteiger partial charge in [0.05, 0.1) is 5.01 Å². The van der Waals surface area contributed by atoms with Gasteiger partial charge in [-0.25, -0.2) is 4.98 Å². The van der Waals surface area contributed by atoms with E-state index in [9.17, 15) is 14.4 Å². The van der Waals surface area contributed by atoms with Gasteiger partial charge in [-0.2, -0.15) is 0 Å². The molecule has 0 aliphatic carbocycles. The summed E-state index contributed by atoms with van der Waals surface area (Å²) in [5.74, 6) is 4.88. The van der Waals surface area contributed by atoms with Gasteiger partial charge in [0, 0.05) is 42.9 Å². The van der Waals surface area contributed by atoms with Crippen LogP contribution in [0, 0.1) is 11.8 Å². The third-order valence-corrected chi connectivity index (χ3v) is 6.10. The number of thiazole rings is 1. The quantitative estimate of drug-likeness (QED) is 0.509. The van der Waals surface area contributed by atoms with E-state index >= 15 is 0 Å². The molecular weight excluding hydrogens is 438 g/mol. The number of hydrogen-bond acceptors (Lipinski definition) is 6. The molecule has 0 N–H and O–H groups in total. The van der Waals surface area contributed by atoms with Crippen LogP contribution in [-0.4, -0.2) is 64.9 Å². The molecule has 3 rings (SSSR count). The van der Waals surface area contributed by atoms with Crippen LogP contribution in [0.2, 0.25) is 0 Å². The van der Waals surface area contributed by atoms with Crippen LogP contribution in [-0.2, 0) is 14.3 Å². The minimum atomic E-state index is -0.599. The minimum absolute atomic E-state index is 0.131. The zero-order chi connectivity index (χ0) is 24.0. The fourth-order valence-electron chi connectivity index (χ4n) is 3.46. The molecule has 1 aliphatic rings. The van der Waals surface area contributed by atoms with Crippen LogP contribution in [0.4, 0.5) is 0 Å². The topological polar surface area (TPSA) is 79.8 Å². The summed E-state index contributed by atoms with van der Waals surface area (Å²) in [6.07, 6.45) is 1.54. The second-order valence-electron chi connectivity index (χ2n) is 9.00. The first-order valence-electron chi connectivity index (χ1n) is 10.9. The molecule has 0 radical (unpaired) electrons. The Morgan fingerprint density at radius 2 is 1.85 bits per heavy atom. The lowest BCUT2D eigenvalue weighted by Crippen LogP contribution is -2.37. The van der Waals surface area contributed by atoms with E-state index in [0.29, 0.717) is 18.8 Å². The van der Waals surface area contributed by atoms with Gasteiger partial charge in [-0.1, -0.05) is 24.1 Å². The molecule has 2 heterocycles. The molecule has 174 valence electrons. The van der Waals surface area contributed by atoms with Crippen LogP contribution in [0.3, 0.4) is 0 Å². The number of benzene rings is 1. The van der Waals surface area contributed by atoms with Gasteiger partial charge in [0.15, 0.2) is 0 Å². The van der Waals surface area contributed by atoms with Gasteiger partial charge in [-0.15, -0.1) is 11.3 Å². The number of likely N-dealkylation sites (N-methyl/N-ethyl adjacent to an activating group) is 1. The predicted octanol–water partition coefficient (Wildman–Crippen LogP) is 3.31. The van der Waals surface area contributed by atoms with Crippen molar-refractivity contribution >= 4 is 29.1 Å². The number of esters is 1. The molecule has 1 saturated heterocycles. The molecule has 0 bridgehead atoms.